The number of rotatable bonds is 1. The second-order valence-corrected chi connectivity index (χ2v) is 1.05. The maximum absolute atomic E-state index is 4.64. The molecule has 1 nitrogen and oxygen atoms in total. The average Bonchev–Trinajstić information content (AvgIpc) is 1.88. The van der Waals surface area contributed by atoms with E-state index in [-0.39, 0.29) is 25.9 Å². The maximum atomic E-state index is 4.64. The molecule has 0 unspecified atom stereocenters. The predicted molar refractivity (Wildman–Crippen MR) is 45.0 cm³/mol. The minimum Gasteiger partial charge on any atom is -0.412 e. The molecule has 0 radical (unpaired) electrons. The Balaban J connectivity index is -0.0000000412. The van der Waals surface area contributed by atoms with Gasteiger partial charge in [0.2, 0.25) is 0 Å². The van der Waals surface area contributed by atoms with E-state index in [2.05, 4.69) is 11.6 Å². The molecule has 0 saturated heterocycles. The molecule has 0 bridgehead atoms. The van der Waals surface area contributed by atoms with Gasteiger partial charge in [0.15, 0.2) is 0 Å². The molecule has 0 aliphatic carbocycles. The molecular formula is C7H15ClOPd. The van der Waals surface area contributed by atoms with Gasteiger partial charge in [-0.05, 0) is 13.8 Å². The Kier molecular flexibility index (Phi) is 76.9. The standard InChI is InChI=1S/C6H10.CH3Cl.H2O.Pd/c1-3-5-6-4-2;1-2;;/h3-6H,1-2H3;1H3;1H2;. The van der Waals surface area contributed by atoms with Crippen LogP contribution in [0.1, 0.15) is 13.8 Å². The smallest absolute Gasteiger partial charge is 0.0108 e. The zero-order valence-corrected chi connectivity index (χ0v) is 8.81. The number of hydrogen-bond donors (Lipinski definition) is 0. The largest absolute Gasteiger partial charge is 0.412 e. The van der Waals surface area contributed by atoms with Gasteiger partial charge in [-0.2, -0.15) is 0 Å². The molecule has 0 heterocycles. The Hall–Kier alpha value is 0.392. The normalized spacial score (nSPS) is 7.60. The molecule has 0 fully saturated rings. The number of allylic oxidation sites excluding steroid dienone is 4. The van der Waals surface area contributed by atoms with Gasteiger partial charge in [-0.3, -0.25) is 0 Å². The van der Waals surface area contributed by atoms with Crippen LogP contribution in [0.5, 0.6) is 0 Å². The molecular weight excluding hydrogens is 242 g/mol. The molecule has 0 rings (SSSR count). The van der Waals surface area contributed by atoms with Crippen LogP contribution in [0.15, 0.2) is 24.3 Å². The van der Waals surface area contributed by atoms with Crippen LogP contribution in [0, 0.1) is 0 Å². The average molecular weight is 257 g/mol. The van der Waals surface area contributed by atoms with Crippen molar-refractivity contribution in [3.05, 3.63) is 24.3 Å². The van der Waals surface area contributed by atoms with E-state index in [1.54, 1.807) is 0 Å². The molecule has 0 aliphatic heterocycles. The molecule has 0 aromatic heterocycles. The maximum Gasteiger partial charge on any atom is 0.0108 e. The second-order valence-electron chi connectivity index (χ2n) is 1.05. The van der Waals surface area contributed by atoms with Gasteiger partial charge in [0.25, 0.3) is 0 Å². The summed E-state index contributed by atoms with van der Waals surface area (Å²) in [6.07, 6.45) is 9.47. The van der Waals surface area contributed by atoms with Crippen LogP contribution in [0.25, 0.3) is 0 Å². The van der Waals surface area contributed by atoms with Crippen LogP contribution >= 0.6 is 11.6 Å². The van der Waals surface area contributed by atoms with Crippen molar-refractivity contribution in [1.29, 1.82) is 0 Å². The van der Waals surface area contributed by atoms with E-state index in [1.165, 1.54) is 6.38 Å². The van der Waals surface area contributed by atoms with Gasteiger partial charge in [-0.15, -0.1) is 11.6 Å². The first-order valence-corrected chi connectivity index (χ1v) is 3.29. The van der Waals surface area contributed by atoms with Crippen molar-refractivity contribution in [2.45, 2.75) is 13.8 Å². The molecule has 0 saturated carbocycles. The zero-order chi connectivity index (χ0) is 6.83. The van der Waals surface area contributed by atoms with Crippen molar-refractivity contribution in [2.24, 2.45) is 0 Å². The monoisotopic (exact) mass is 256 g/mol. The molecule has 0 aromatic carbocycles. The first kappa shape index (κ1) is 22.4. The van der Waals surface area contributed by atoms with Gasteiger partial charge in [0.1, 0.15) is 0 Å². The SMILES string of the molecule is CC=CC=CC.CCl.O.[Pd]. The minimum absolute atomic E-state index is 0. The van der Waals surface area contributed by atoms with Crippen LogP contribution in [0.3, 0.4) is 0 Å². The fourth-order valence-corrected chi connectivity index (χ4v) is 0.222. The third-order valence-corrected chi connectivity index (χ3v) is 0.496. The molecule has 0 aromatic rings. The van der Waals surface area contributed by atoms with Gasteiger partial charge < -0.3 is 5.48 Å². The third-order valence-electron chi connectivity index (χ3n) is 0.496. The topological polar surface area (TPSA) is 31.5 Å². The van der Waals surface area contributed by atoms with Crippen LogP contribution < -0.4 is 0 Å². The van der Waals surface area contributed by atoms with E-state index in [0.717, 1.165) is 0 Å². The second kappa shape index (κ2) is 34.3. The Labute approximate surface area is 82.1 Å². The summed E-state index contributed by atoms with van der Waals surface area (Å²) in [7, 11) is 0. The third kappa shape index (κ3) is 39.9. The molecule has 10 heavy (non-hydrogen) atoms. The van der Waals surface area contributed by atoms with E-state index in [9.17, 15) is 0 Å². The Morgan fingerprint density at radius 1 is 0.900 bits per heavy atom. The molecule has 3 heteroatoms. The molecule has 2 N–H and O–H groups in total. The van der Waals surface area contributed by atoms with Crippen LogP contribution in [-0.4, -0.2) is 11.9 Å². The van der Waals surface area contributed by atoms with Crippen molar-refractivity contribution < 1.29 is 25.9 Å². The van der Waals surface area contributed by atoms with Gasteiger partial charge in [-0.25, -0.2) is 0 Å². The van der Waals surface area contributed by atoms with E-state index >= 15 is 0 Å². The molecule has 0 spiro atoms. The summed E-state index contributed by atoms with van der Waals surface area (Å²) in [5, 5.41) is 0. The summed E-state index contributed by atoms with van der Waals surface area (Å²) >= 11 is 4.64. The zero-order valence-electron chi connectivity index (χ0n) is 6.50. The Bertz CT molecular complexity index is 62.0. The van der Waals surface area contributed by atoms with E-state index in [0.29, 0.717) is 0 Å². The predicted octanol–water partition coefficient (Wildman–Crippen LogP) is 2.17. The summed E-state index contributed by atoms with van der Waals surface area (Å²) in [4.78, 5) is 0. The van der Waals surface area contributed by atoms with Gasteiger partial charge in [0.05, 0.1) is 0 Å². The molecule has 0 atom stereocenters. The summed E-state index contributed by atoms with van der Waals surface area (Å²) in [5.74, 6) is 0. The first-order chi connectivity index (χ1) is 3.91. The Morgan fingerprint density at radius 3 is 1.20 bits per heavy atom. The van der Waals surface area contributed by atoms with Crippen molar-refractivity contribution in [3.8, 4) is 0 Å². The molecule has 0 amide bonds. The van der Waals surface area contributed by atoms with Gasteiger partial charge in [0, 0.05) is 26.8 Å². The van der Waals surface area contributed by atoms with E-state index < -0.39 is 0 Å². The van der Waals surface area contributed by atoms with Gasteiger partial charge in [-0.1, -0.05) is 24.3 Å². The summed E-state index contributed by atoms with van der Waals surface area (Å²) < 4.78 is 0. The van der Waals surface area contributed by atoms with E-state index in [1.807, 2.05) is 38.2 Å². The quantitative estimate of drug-likeness (QED) is 0.391. The summed E-state index contributed by atoms with van der Waals surface area (Å²) in [5.41, 5.74) is 0. The van der Waals surface area contributed by atoms with Crippen LogP contribution in [0.2, 0.25) is 0 Å². The van der Waals surface area contributed by atoms with E-state index in [4.69, 9.17) is 0 Å². The number of hydrogen-bond acceptors (Lipinski definition) is 0. The minimum atomic E-state index is 0. The first-order valence-electron chi connectivity index (χ1n) is 2.53. The van der Waals surface area contributed by atoms with Gasteiger partial charge >= 0.3 is 0 Å². The number of alkyl halides is 1. The van der Waals surface area contributed by atoms with Crippen LogP contribution in [0.4, 0.5) is 0 Å². The Morgan fingerprint density at radius 2 is 1.10 bits per heavy atom. The fourth-order valence-electron chi connectivity index (χ4n) is 0.222. The molecule has 66 valence electrons. The van der Waals surface area contributed by atoms with Crippen molar-refractivity contribution in [1.82, 2.24) is 0 Å². The molecule has 0 aliphatic rings. The van der Waals surface area contributed by atoms with Crippen molar-refractivity contribution in [2.75, 3.05) is 6.38 Å². The summed E-state index contributed by atoms with van der Waals surface area (Å²) in [6, 6.07) is 0. The fraction of sp³-hybridized carbons (Fsp3) is 0.429. The summed E-state index contributed by atoms with van der Waals surface area (Å²) in [6.45, 7) is 4.00. The van der Waals surface area contributed by atoms with Crippen molar-refractivity contribution in [3.63, 3.8) is 0 Å². The number of halogens is 1. The van der Waals surface area contributed by atoms with Crippen LogP contribution in [-0.2, 0) is 20.4 Å². The van der Waals surface area contributed by atoms with Crippen molar-refractivity contribution >= 4 is 11.6 Å².